The lowest BCUT2D eigenvalue weighted by molar-refractivity contribution is 0.191. The number of aromatic nitrogens is 1. The third kappa shape index (κ3) is 8.51. The zero-order valence-electron chi connectivity index (χ0n) is 17.3. The number of halogens is 1. The maximum absolute atomic E-state index is 5.68. The molecule has 0 spiro atoms. The van der Waals surface area contributed by atoms with Crippen LogP contribution in [0.15, 0.2) is 23.3 Å². The number of hydrogen-bond donors (Lipinski definition) is 2. The van der Waals surface area contributed by atoms with Crippen molar-refractivity contribution >= 4 is 29.9 Å². The minimum absolute atomic E-state index is 0. The SMILES string of the molecule is CN=C(NCCCN1CCC(C)CC1)NCc1ccc(OCC2CC2)nc1.I. The molecule has 2 fully saturated rings. The summed E-state index contributed by atoms with van der Waals surface area (Å²) >= 11 is 0. The van der Waals surface area contributed by atoms with Gasteiger partial charge in [-0.2, -0.15) is 0 Å². The topological polar surface area (TPSA) is 61.8 Å². The third-order valence-corrected chi connectivity index (χ3v) is 5.46. The van der Waals surface area contributed by atoms with Gasteiger partial charge in [0.2, 0.25) is 5.88 Å². The van der Waals surface area contributed by atoms with Crippen LogP contribution in [0.1, 0.15) is 44.6 Å². The van der Waals surface area contributed by atoms with Crippen molar-refractivity contribution in [3.05, 3.63) is 23.9 Å². The molecule has 2 aliphatic rings. The van der Waals surface area contributed by atoms with Crippen LogP contribution >= 0.6 is 24.0 Å². The maximum atomic E-state index is 5.68. The van der Waals surface area contributed by atoms with E-state index in [0.29, 0.717) is 6.54 Å². The van der Waals surface area contributed by atoms with Crippen LogP contribution in [0.2, 0.25) is 0 Å². The molecule has 0 bridgehead atoms. The van der Waals surface area contributed by atoms with Gasteiger partial charge in [-0.1, -0.05) is 13.0 Å². The molecule has 6 nitrogen and oxygen atoms in total. The third-order valence-electron chi connectivity index (χ3n) is 5.46. The van der Waals surface area contributed by atoms with Crippen molar-refractivity contribution < 1.29 is 4.74 Å². The first-order chi connectivity index (χ1) is 13.2. The highest BCUT2D eigenvalue weighted by atomic mass is 127. The minimum atomic E-state index is 0. The predicted molar refractivity (Wildman–Crippen MR) is 126 cm³/mol. The van der Waals surface area contributed by atoms with Crippen molar-refractivity contribution in [3.63, 3.8) is 0 Å². The first-order valence-corrected chi connectivity index (χ1v) is 10.5. The Kier molecular flexibility index (Phi) is 10.3. The van der Waals surface area contributed by atoms with E-state index >= 15 is 0 Å². The predicted octanol–water partition coefficient (Wildman–Crippen LogP) is 3.28. The van der Waals surface area contributed by atoms with Gasteiger partial charge in [-0.25, -0.2) is 4.98 Å². The van der Waals surface area contributed by atoms with E-state index in [4.69, 9.17) is 4.74 Å². The molecular weight excluding hydrogens is 465 g/mol. The molecular formula is C21H36IN5O. The molecule has 158 valence electrons. The second-order valence-corrected chi connectivity index (χ2v) is 7.99. The van der Waals surface area contributed by atoms with E-state index < -0.39 is 0 Å². The molecule has 3 rings (SSSR count). The number of aliphatic imine (C=N–C) groups is 1. The lowest BCUT2D eigenvalue weighted by Gasteiger charge is -2.30. The molecule has 0 radical (unpaired) electrons. The Morgan fingerprint density at radius 1 is 1.21 bits per heavy atom. The highest BCUT2D eigenvalue weighted by molar-refractivity contribution is 14.0. The van der Waals surface area contributed by atoms with Crippen LogP contribution in [0, 0.1) is 11.8 Å². The number of likely N-dealkylation sites (tertiary alicyclic amines) is 1. The summed E-state index contributed by atoms with van der Waals surface area (Å²) < 4.78 is 5.68. The number of pyridine rings is 1. The summed E-state index contributed by atoms with van der Waals surface area (Å²) in [4.78, 5) is 11.3. The lowest BCUT2D eigenvalue weighted by Crippen LogP contribution is -2.39. The standard InChI is InChI=1S/C21H35N5O.HI/c1-17-8-12-26(13-9-17)11-3-10-23-21(22-2)25-15-19-6-7-20(24-14-19)27-16-18-4-5-18;/h6-7,14,17-18H,3-5,8-13,15-16H2,1-2H3,(H2,22,23,25);1H. The van der Waals surface area contributed by atoms with Crippen LogP contribution < -0.4 is 15.4 Å². The van der Waals surface area contributed by atoms with Crippen molar-refractivity contribution in [1.82, 2.24) is 20.5 Å². The van der Waals surface area contributed by atoms with Crippen LogP contribution in [-0.4, -0.2) is 55.7 Å². The summed E-state index contributed by atoms with van der Waals surface area (Å²) in [5, 5.41) is 6.76. The molecule has 2 heterocycles. The van der Waals surface area contributed by atoms with Gasteiger partial charge in [-0.3, -0.25) is 4.99 Å². The summed E-state index contributed by atoms with van der Waals surface area (Å²) in [7, 11) is 1.81. The molecule has 1 aliphatic heterocycles. The fourth-order valence-electron chi connectivity index (χ4n) is 3.29. The van der Waals surface area contributed by atoms with Crippen LogP contribution in [0.5, 0.6) is 5.88 Å². The first-order valence-electron chi connectivity index (χ1n) is 10.5. The average molecular weight is 501 g/mol. The van der Waals surface area contributed by atoms with E-state index in [0.717, 1.165) is 48.8 Å². The van der Waals surface area contributed by atoms with E-state index in [-0.39, 0.29) is 24.0 Å². The quantitative estimate of drug-likeness (QED) is 0.236. The Morgan fingerprint density at radius 2 is 2.00 bits per heavy atom. The van der Waals surface area contributed by atoms with Gasteiger partial charge in [0.15, 0.2) is 5.96 Å². The number of nitrogens with zero attached hydrogens (tertiary/aromatic N) is 3. The van der Waals surface area contributed by atoms with Crippen LogP contribution in [-0.2, 0) is 6.54 Å². The van der Waals surface area contributed by atoms with Gasteiger partial charge < -0.3 is 20.3 Å². The van der Waals surface area contributed by atoms with E-state index in [1.807, 2.05) is 19.3 Å². The molecule has 1 aliphatic carbocycles. The largest absolute Gasteiger partial charge is 0.477 e. The number of rotatable bonds is 9. The van der Waals surface area contributed by atoms with Gasteiger partial charge >= 0.3 is 0 Å². The van der Waals surface area contributed by atoms with Crippen molar-refractivity contribution in [2.24, 2.45) is 16.8 Å². The molecule has 1 aromatic rings. The average Bonchev–Trinajstić information content (AvgIpc) is 3.52. The van der Waals surface area contributed by atoms with Crippen molar-refractivity contribution in [3.8, 4) is 5.88 Å². The molecule has 1 saturated heterocycles. The number of hydrogen-bond acceptors (Lipinski definition) is 4. The molecule has 0 atom stereocenters. The summed E-state index contributed by atoms with van der Waals surface area (Å²) in [5.74, 6) is 3.22. The van der Waals surface area contributed by atoms with Crippen LogP contribution in [0.25, 0.3) is 0 Å². The molecule has 7 heteroatoms. The number of nitrogens with one attached hydrogen (secondary N) is 2. The molecule has 1 aromatic heterocycles. The van der Waals surface area contributed by atoms with Crippen molar-refractivity contribution in [2.75, 3.05) is 39.8 Å². The normalized spacial score (nSPS) is 18.4. The number of piperidine rings is 1. The molecule has 2 N–H and O–H groups in total. The monoisotopic (exact) mass is 501 g/mol. The minimum Gasteiger partial charge on any atom is -0.477 e. The van der Waals surface area contributed by atoms with Gasteiger partial charge in [-0.05, 0) is 69.1 Å². The van der Waals surface area contributed by atoms with Gasteiger partial charge in [0, 0.05) is 32.4 Å². The molecule has 28 heavy (non-hydrogen) atoms. The van der Waals surface area contributed by atoms with Crippen molar-refractivity contribution in [1.29, 1.82) is 0 Å². The Morgan fingerprint density at radius 3 is 2.64 bits per heavy atom. The summed E-state index contributed by atoms with van der Waals surface area (Å²) in [5.41, 5.74) is 1.12. The van der Waals surface area contributed by atoms with Gasteiger partial charge in [0.05, 0.1) is 6.61 Å². The first kappa shape index (κ1) is 23.2. The number of ether oxygens (including phenoxy) is 1. The second-order valence-electron chi connectivity index (χ2n) is 7.99. The zero-order chi connectivity index (χ0) is 18.9. The highest BCUT2D eigenvalue weighted by Crippen LogP contribution is 2.29. The van der Waals surface area contributed by atoms with Gasteiger partial charge in [0.25, 0.3) is 0 Å². The molecule has 0 unspecified atom stereocenters. The zero-order valence-corrected chi connectivity index (χ0v) is 19.7. The summed E-state index contributed by atoms with van der Waals surface area (Å²) in [6.07, 6.45) is 8.30. The lowest BCUT2D eigenvalue weighted by atomic mass is 9.99. The van der Waals surface area contributed by atoms with Gasteiger partial charge in [0.1, 0.15) is 0 Å². The van der Waals surface area contributed by atoms with Gasteiger partial charge in [-0.15, -0.1) is 24.0 Å². The fourth-order valence-corrected chi connectivity index (χ4v) is 3.29. The Balaban J connectivity index is 0.00000280. The molecule has 0 amide bonds. The highest BCUT2D eigenvalue weighted by Gasteiger charge is 2.22. The summed E-state index contributed by atoms with van der Waals surface area (Å²) in [6, 6.07) is 4.02. The Hall–Kier alpha value is -1.09. The van der Waals surface area contributed by atoms with E-state index in [1.54, 1.807) is 0 Å². The second kappa shape index (κ2) is 12.5. The summed E-state index contributed by atoms with van der Waals surface area (Å²) in [6.45, 7) is 8.49. The van der Waals surface area contributed by atoms with E-state index in [1.165, 1.54) is 45.3 Å². The number of guanidine groups is 1. The molecule has 1 saturated carbocycles. The Bertz CT molecular complexity index is 583. The van der Waals surface area contributed by atoms with Crippen LogP contribution in [0.3, 0.4) is 0 Å². The fraction of sp³-hybridized carbons (Fsp3) is 0.714. The van der Waals surface area contributed by atoms with E-state index in [2.05, 4.69) is 38.5 Å². The van der Waals surface area contributed by atoms with Crippen LogP contribution in [0.4, 0.5) is 0 Å². The van der Waals surface area contributed by atoms with E-state index in [9.17, 15) is 0 Å². The van der Waals surface area contributed by atoms with Crippen molar-refractivity contribution in [2.45, 2.75) is 45.6 Å². The smallest absolute Gasteiger partial charge is 0.213 e. The molecule has 0 aromatic carbocycles. The Labute approximate surface area is 186 Å². The maximum Gasteiger partial charge on any atom is 0.213 e.